The number of likely N-dealkylation sites (N-methyl/N-ethyl adjacent to an activating group) is 1. The average molecular weight is 402 g/mol. The molecule has 0 saturated carbocycles. The van der Waals surface area contributed by atoms with Gasteiger partial charge in [0.2, 0.25) is 5.91 Å². The van der Waals surface area contributed by atoms with E-state index in [1.54, 1.807) is 0 Å². The van der Waals surface area contributed by atoms with E-state index in [1.807, 2.05) is 63.5 Å². The number of amides is 1. The number of carbonyl (C=O) groups is 1. The van der Waals surface area contributed by atoms with Gasteiger partial charge >= 0.3 is 0 Å². The molecule has 1 atom stereocenters. The number of hydrogen-bond acceptors (Lipinski definition) is 3. The predicted molar refractivity (Wildman–Crippen MR) is 127 cm³/mol. The van der Waals surface area contributed by atoms with Crippen molar-refractivity contribution in [3.8, 4) is 11.1 Å². The molecule has 3 rings (SSSR count). The molecule has 0 aromatic heterocycles. The van der Waals surface area contributed by atoms with Crippen LogP contribution in [0, 0.1) is 0 Å². The highest BCUT2D eigenvalue weighted by Gasteiger charge is 2.21. The molecule has 0 saturated heterocycles. The Balaban J connectivity index is 1.72. The summed E-state index contributed by atoms with van der Waals surface area (Å²) in [5, 5.41) is 3.15. The Morgan fingerprint density at radius 2 is 1.53 bits per heavy atom. The van der Waals surface area contributed by atoms with Crippen LogP contribution >= 0.6 is 0 Å². The first kappa shape index (κ1) is 21.6. The molecule has 3 aromatic rings. The van der Waals surface area contributed by atoms with Crippen molar-refractivity contribution in [1.29, 1.82) is 0 Å². The first-order valence-corrected chi connectivity index (χ1v) is 10.4. The maximum Gasteiger partial charge on any atom is 0.241 e. The van der Waals surface area contributed by atoms with Crippen molar-refractivity contribution in [2.45, 2.75) is 26.4 Å². The van der Waals surface area contributed by atoms with Gasteiger partial charge in [0.25, 0.3) is 0 Å². The van der Waals surface area contributed by atoms with E-state index in [1.165, 1.54) is 11.3 Å². The maximum absolute atomic E-state index is 13.1. The van der Waals surface area contributed by atoms with Crippen molar-refractivity contribution in [2.75, 3.05) is 30.9 Å². The molecule has 156 valence electrons. The minimum Gasteiger partial charge on any atom is -0.378 e. The molecule has 4 heteroatoms. The lowest BCUT2D eigenvalue weighted by Crippen LogP contribution is -2.41. The smallest absolute Gasteiger partial charge is 0.241 e. The maximum atomic E-state index is 13.1. The van der Waals surface area contributed by atoms with Crippen LogP contribution in [0.5, 0.6) is 0 Å². The van der Waals surface area contributed by atoms with E-state index < -0.39 is 0 Å². The molecular formula is C26H31N3O. The SMILES string of the molecule is CCN(Cc1ccc(N(C)C)cc1)[C@H](C)C(=O)Nc1ccccc1-c1ccccc1. The third-order valence-electron chi connectivity index (χ3n) is 5.44. The van der Waals surface area contributed by atoms with E-state index in [0.29, 0.717) is 0 Å². The van der Waals surface area contributed by atoms with E-state index in [-0.39, 0.29) is 11.9 Å². The Labute approximate surface area is 180 Å². The number of nitrogens with one attached hydrogen (secondary N) is 1. The summed E-state index contributed by atoms with van der Waals surface area (Å²) in [7, 11) is 4.07. The molecule has 1 N–H and O–H groups in total. The monoisotopic (exact) mass is 401 g/mol. The van der Waals surface area contributed by atoms with Gasteiger partial charge in [-0.15, -0.1) is 0 Å². The molecule has 0 aliphatic carbocycles. The molecule has 0 aliphatic heterocycles. The normalized spacial score (nSPS) is 11.9. The van der Waals surface area contributed by atoms with E-state index in [9.17, 15) is 4.79 Å². The van der Waals surface area contributed by atoms with Gasteiger partial charge in [0.15, 0.2) is 0 Å². The number of benzene rings is 3. The lowest BCUT2D eigenvalue weighted by atomic mass is 10.0. The summed E-state index contributed by atoms with van der Waals surface area (Å²) in [5.74, 6) is 0.00476. The Hall–Kier alpha value is -3.11. The van der Waals surface area contributed by atoms with Crippen molar-refractivity contribution >= 4 is 17.3 Å². The molecule has 4 nitrogen and oxygen atoms in total. The van der Waals surface area contributed by atoms with Gasteiger partial charge in [0.05, 0.1) is 6.04 Å². The summed E-state index contributed by atoms with van der Waals surface area (Å²) in [6.45, 7) is 5.59. The molecule has 0 radical (unpaired) electrons. The highest BCUT2D eigenvalue weighted by atomic mass is 16.2. The first-order chi connectivity index (χ1) is 14.5. The molecule has 0 fully saturated rings. The van der Waals surface area contributed by atoms with Crippen LogP contribution in [0.1, 0.15) is 19.4 Å². The zero-order valence-electron chi connectivity index (χ0n) is 18.3. The molecule has 0 heterocycles. The predicted octanol–water partition coefficient (Wildman–Crippen LogP) is 5.27. The van der Waals surface area contributed by atoms with Crippen LogP contribution in [0.2, 0.25) is 0 Å². The second-order valence-electron chi connectivity index (χ2n) is 7.70. The summed E-state index contributed by atoms with van der Waals surface area (Å²) < 4.78 is 0. The number of nitrogens with zero attached hydrogens (tertiary/aromatic N) is 2. The second kappa shape index (κ2) is 10.1. The Bertz CT molecular complexity index is 952. The van der Waals surface area contributed by atoms with Crippen LogP contribution in [0.4, 0.5) is 11.4 Å². The Morgan fingerprint density at radius 1 is 0.900 bits per heavy atom. The van der Waals surface area contributed by atoms with Crippen molar-refractivity contribution < 1.29 is 4.79 Å². The standard InChI is InChI=1S/C26H31N3O/c1-5-29(19-21-15-17-23(18-16-21)28(3)4)20(2)26(30)27-25-14-10-9-13-24(25)22-11-7-6-8-12-22/h6-18,20H,5,19H2,1-4H3,(H,27,30)/t20-/m1/s1. The summed E-state index contributed by atoms with van der Waals surface area (Å²) in [6, 6.07) is 26.3. The van der Waals surface area contributed by atoms with Gasteiger partial charge in [-0.1, -0.05) is 67.6 Å². The fourth-order valence-electron chi connectivity index (χ4n) is 3.52. The zero-order chi connectivity index (χ0) is 21.5. The minimum atomic E-state index is -0.243. The first-order valence-electron chi connectivity index (χ1n) is 10.4. The molecule has 3 aromatic carbocycles. The summed E-state index contributed by atoms with van der Waals surface area (Å²) >= 11 is 0. The summed E-state index contributed by atoms with van der Waals surface area (Å²) in [4.78, 5) is 17.3. The highest BCUT2D eigenvalue weighted by Crippen LogP contribution is 2.28. The van der Waals surface area contributed by atoms with Crippen LogP contribution in [0.15, 0.2) is 78.9 Å². The zero-order valence-corrected chi connectivity index (χ0v) is 18.3. The van der Waals surface area contributed by atoms with Crippen molar-refractivity contribution in [1.82, 2.24) is 4.90 Å². The van der Waals surface area contributed by atoms with Gasteiger partial charge in [0, 0.05) is 37.6 Å². The van der Waals surface area contributed by atoms with Gasteiger partial charge in [-0.3, -0.25) is 9.69 Å². The molecule has 30 heavy (non-hydrogen) atoms. The van der Waals surface area contributed by atoms with E-state index in [2.05, 4.69) is 58.4 Å². The summed E-state index contributed by atoms with van der Waals surface area (Å²) in [6.07, 6.45) is 0. The molecule has 0 unspecified atom stereocenters. The number of rotatable bonds is 8. The fraction of sp³-hybridized carbons (Fsp3) is 0.269. The van der Waals surface area contributed by atoms with Crippen LogP contribution in [-0.4, -0.2) is 37.5 Å². The van der Waals surface area contributed by atoms with Crippen LogP contribution < -0.4 is 10.2 Å². The summed E-state index contributed by atoms with van der Waals surface area (Å²) in [5.41, 5.74) is 5.33. The highest BCUT2D eigenvalue weighted by molar-refractivity contribution is 5.98. The molecule has 1 amide bonds. The molecule has 0 aliphatic rings. The quantitative estimate of drug-likeness (QED) is 0.559. The van der Waals surface area contributed by atoms with E-state index >= 15 is 0 Å². The third kappa shape index (κ3) is 5.28. The van der Waals surface area contributed by atoms with Crippen molar-refractivity contribution in [3.05, 3.63) is 84.4 Å². The lowest BCUT2D eigenvalue weighted by Gasteiger charge is -2.27. The van der Waals surface area contributed by atoms with Gasteiger partial charge in [-0.25, -0.2) is 0 Å². The van der Waals surface area contributed by atoms with Crippen molar-refractivity contribution in [2.24, 2.45) is 0 Å². The van der Waals surface area contributed by atoms with E-state index in [0.717, 1.165) is 29.9 Å². The van der Waals surface area contributed by atoms with Crippen molar-refractivity contribution in [3.63, 3.8) is 0 Å². The van der Waals surface area contributed by atoms with Gasteiger partial charge in [0.1, 0.15) is 0 Å². The topological polar surface area (TPSA) is 35.6 Å². The van der Waals surface area contributed by atoms with Gasteiger partial charge < -0.3 is 10.2 Å². The second-order valence-corrected chi connectivity index (χ2v) is 7.70. The molecule has 0 spiro atoms. The Morgan fingerprint density at radius 3 is 2.17 bits per heavy atom. The number of hydrogen-bond donors (Lipinski definition) is 1. The minimum absolute atomic E-state index is 0.00476. The fourth-order valence-corrected chi connectivity index (χ4v) is 3.52. The van der Waals surface area contributed by atoms with Crippen LogP contribution in [-0.2, 0) is 11.3 Å². The molecule has 0 bridgehead atoms. The molecular weight excluding hydrogens is 370 g/mol. The van der Waals surface area contributed by atoms with Crippen LogP contribution in [0.25, 0.3) is 11.1 Å². The van der Waals surface area contributed by atoms with Gasteiger partial charge in [-0.05, 0) is 42.8 Å². The lowest BCUT2D eigenvalue weighted by molar-refractivity contribution is -0.120. The number of anilines is 2. The number of para-hydroxylation sites is 1. The van der Waals surface area contributed by atoms with Crippen LogP contribution in [0.3, 0.4) is 0 Å². The Kier molecular flexibility index (Phi) is 7.26. The number of carbonyl (C=O) groups excluding carboxylic acids is 1. The average Bonchev–Trinajstić information content (AvgIpc) is 2.78. The third-order valence-corrected chi connectivity index (χ3v) is 5.44. The van der Waals surface area contributed by atoms with Gasteiger partial charge in [-0.2, -0.15) is 0 Å². The van der Waals surface area contributed by atoms with E-state index in [4.69, 9.17) is 0 Å². The largest absolute Gasteiger partial charge is 0.378 e.